The molecule has 110 valence electrons. The van der Waals surface area contributed by atoms with Crippen LogP contribution in [0.4, 0.5) is 5.69 Å². The maximum atomic E-state index is 12.4. The van der Waals surface area contributed by atoms with E-state index in [2.05, 4.69) is 30.4 Å². The first-order chi connectivity index (χ1) is 10.6. The molecule has 3 rings (SSSR count). The van der Waals surface area contributed by atoms with Crippen LogP contribution in [0.2, 0.25) is 0 Å². The molecule has 3 aromatic carbocycles. The Morgan fingerprint density at radius 1 is 0.955 bits per heavy atom. The molecule has 0 bridgehead atoms. The fourth-order valence-electron chi connectivity index (χ4n) is 2.75. The molecule has 3 aromatic rings. The summed E-state index contributed by atoms with van der Waals surface area (Å²) >= 11 is 0. The molecular weight excluding hydrogens is 270 g/mol. The number of amides is 1. The summed E-state index contributed by atoms with van der Waals surface area (Å²) in [6.45, 7) is 4.11. The van der Waals surface area contributed by atoms with Gasteiger partial charge in [-0.15, -0.1) is 0 Å². The Bertz CT molecular complexity index is 831. The standard InChI is InChI=1S/C20H19NO/c1-14-10-11-17(15(2)12-14)13-20(22)21-19-9-5-7-16-6-3-4-8-18(16)19/h3-12H,13H2,1-2H3,(H,21,22). The Morgan fingerprint density at radius 3 is 2.55 bits per heavy atom. The lowest BCUT2D eigenvalue weighted by Crippen LogP contribution is -2.15. The molecule has 2 nitrogen and oxygen atoms in total. The van der Waals surface area contributed by atoms with Crippen molar-refractivity contribution in [3.8, 4) is 0 Å². The average molecular weight is 289 g/mol. The van der Waals surface area contributed by atoms with Crippen LogP contribution in [0, 0.1) is 13.8 Å². The summed E-state index contributed by atoms with van der Waals surface area (Å²) in [5, 5.41) is 5.24. The van der Waals surface area contributed by atoms with Gasteiger partial charge in [-0.1, -0.05) is 60.2 Å². The Balaban J connectivity index is 1.81. The van der Waals surface area contributed by atoms with Gasteiger partial charge in [0.1, 0.15) is 0 Å². The zero-order valence-electron chi connectivity index (χ0n) is 12.9. The molecule has 1 N–H and O–H groups in total. The molecule has 0 aromatic heterocycles. The summed E-state index contributed by atoms with van der Waals surface area (Å²) in [6, 6.07) is 20.2. The first kappa shape index (κ1) is 14.3. The first-order valence-electron chi connectivity index (χ1n) is 7.47. The minimum absolute atomic E-state index is 0.0170. The van der Waals surface area contributed by atoms with E-state index in [9.17, 15) is 4.79 Å². The molecule has 0 fully saturated rings. The highest BCUT2D eigenvalue weighted by molar-refractivity contribution is 6.02. The molecular formula is C20H19NO. The molecule has 0 aliphatic heterocycles. The maximum absolute atomic E-state index is 12.4. The molecule has 0 unspecified atom stereocenters. The number of nitrogens with one attached hydrogen (secondary N) is 1. The first-order valence-corrected chi connectivity index (χ1v) is 7.47. The highest BCUT2D eigenvalue weighted by Crippen LogP contribution is 2.23. The van der Waals surface area contributed by atoms with Crippen molar-refractivity contribution in [1.29, 1.82) is 0 Å². The average Bonchev–Trinajstić information content (AvgIpc) is 2.50. The minimum Gasteiger partial charge on any atom is -0.325 e. The van der Waals surface area contributed by atoms with E-state index >= 15 is 0 Å². The van der Waals surface area contributed by atoms with Crippen LogP contribution in [0.15, 0.2) is 60.7 Å². The van der Waals surface area contributed by atoms with Gasteiger partial charge in [0.2, 0.25) is 5.91 Å². The molecule has 0 radical (unpaired) electrons. The molecule has 22 heavy (non-hydrogen) atoms. The molecule has 0 aliphatic carbocycles. The maximum Gasteiger partial charge on any atom is 0.228 e. The number of carbonyl (C=O) groups is 1. The Hall–Kier alpha value is -2.61. The van der Waals surface area contributed by atoms with Crippen LogP contribution in [-0.4, -0.2) is 5.91 Å². The van der Waals surface area contributed by atoms with Crippen molar-refractivity contribution in [1.82, 2.24) is 0 Å². The Kier molecular flexibility index (Phi) is 3.92. The lowest BCUT2D eigenvalue weighted by molar-refractivity contribution is -0.115. The Labute approximate surface area is 130 Å². The molecule has 0 atom stereocenters. The second-order valence-electron chi connectivity index (χ2n) is 5.68. The molecule has 0 saturated carbocycles. The number of hydrogen-bond donors (Lipinski definition) is 1. The van der Waals surface area contributed by atoms with Gasteiger partial charge in [0.25, 0.3) is 0 Å². The second kappa shape index (κ2) is 6.02. The summed E-state index contributed by atoms with van der Waals surface area (Å²) < 4.78 is 0. The number of benzene rings is 3. The van der Waals surface area contributed by atoms with Crippen LogP contribution in [0.3, 0.4) is 0 Å². The van der Waals surface area contributed by atoms with E-state index in [1.807, 2.05) is 49.4 Å². The van der Waals surface area contributed by atoms with Gasteiger partial charge >= 0.3 is 0 Å². The van der Waals surface area contributed by atoms with E-state index in [4.69, 9.17) is 0 Å². The second-order valence-corrected chi connectivity index (χ2v) is 5.68. The Morgan fingerprint density at radius 2 is 1.73 bits per heavy atom. The van der Waals surface area contributed by atoms with E-state index in [1.54, 1.807) is 0 Å². The number of carbonyl (C=O) groups excluding carboxylic acids is 1. The third-order valence-corrected chi connectivity index (χ3v) is 3.91. The molecule has 0 aliphatic rings. The summed E-state index contributed by atoms with van der Waals surface area (Å²) in [7, 11) is 0. The van der Waals surface area contributed by atoms with E-state index in [0.29, 0.717) is 6.42 Å². The SMILES string of the molecule is Cc1ccc(CC(=O)Nc2cccc3ccccc23)c(C)c1. The van der Waals surface area contributed by atoms with Gasteiger partial charge in [0.05, 0.1) is 6.42 Å². The van der Waals surface area contributed by atoms with Crippen molar-refractivity contribution in [3.63, 3.8) is 0 Å². The summed E-state index contributed by atoms with van der Waals surface area (Å²) in [6.07, 6.45) is 0.398. The minimum atomic E-state index is 0.0170. The predicted octanol–water partition coefficient (Wildman–Crippen LogP) is 4.64. The van der Waals surface area contributed by atoms with E-state index < -0.39 is 0 Å². The van der Waals surface area contributed by atoms with Gasteiger partial charge in [-0.25, -0.2) is 0 Å². The number of rotatable bonds is 3. The monoisotopic (exact) mass is 289 g/mol. The van der Waals surface area contributed by atoms with Gasteiger partial charge in [0, 0.05) is 11.1 Å². The zero-order chi connectivity index (χ0) is 15.5. The van der Waals surface area contributed by atoms with Gasteiger partial charge in [-0.05, 0) is 36.4 Å². The number of aryl methyl sites for hydroxylation is 2. The van der Waals surface area contributed by atoms with Crippen LogP contribution in [0.5, 0.6) is 0 Å². The number of fused-ring (bicyclic) bond motifs is 1. The van der Waals surface area contributed by atoms with Gasteiger partial charge in [-0.2, -0.15) is 0 Å². The van der Waals surface area contributed by atoms with Crippen molar-refractivity contribution in [3.05, 3.63) is 77.4 Å². The third-order valence-electron chi connectivity index (χ3n) is 3.91. The number of hydrogen-bond acceptors (Lipinski definition) is 1. The van der Waals surface area contributed by atoms with Crippen LogP contribution in [0.1, 0.15) is 16.7 Å². The van der Waals surface area contributed by atoms with E-state index in [0.717, 1.165) is 27.6 Å². The summed E-state index contributed by atoms with van der Waals surface area (Å²) in [5.74, 6) is 0.0170. The normalized spacial score (nSPS) is 10.6. The van der Waals surface area contributed by atoms with Crippen molar-refractivity contribution in [2.75, 3.05) is 5.32 Å². The summed E-state index contributed by atoms with van der Waals surface area (Å²) in [4.78, 5) is 12.4. The smallest absolute Gasteiger partial charge is 0.228 e. The van der Waals surface area contributed by atoms with Crippen LogP contribution in [-0.2, 0) is 11.2 Å². The molecule has 0 heterocycles. The van der Waals surface area contributed by atoms with Crippen molar-refractivity contribution < 1.29 is 4.79 Å². The predicted molar refractivity (Wildman–Crippen MR) is 92.2 cm³/mol. The summed E-state index contributed by atoms with van der Waals surface area (Å²) in [5.41, 5.74) is 4.32. The van der Waals surface area contributed by atoms with Crippen LogP contribution in [0.25, 0.3) is 10.8 Å². The zero-order valence-corrected chi connectivity index (χ0v) is 12.9. The van der Waals surface area contributed by atoms with Crippen molar-refractivity contribution in [2.45, 2.75) is 20.3 Å². The van der Waals surface area contributed by atoms with E-state index in [1.165, 1.54) is 5.56 Å². The highest BCUT2D eigenvalue weighted by atomic mass is 16.1. The lowest BCUT2D eigenvalue weighted by Gasteiger charge is -2.10. The van der Waals surface area contributed by atoms with Crippen molar-refractivity contribution in [2.24, 2.45) is 0 Å². The van der Waals surface area contributed by atoms with Crippen LogP contribution >= 0.6 is 0 Å². The third kappa shape index (κ3) is 3.01. The quantitative estimate of drug-likeness (QED) is 0.748. The van der Waals surface area contributed by atoms with Gasteiger partial charge in [-0.3, -0.25) is 4.79 Å². The van der Waals surface area contributed by atoms with Gasteiger partial charge in [0.15, 0.2) is 0 Å². The van der Waals surface area contributed by atoms with Crippen molar-refractivity contribution >= 4 is 22.4 Å². The lowest BCUT2D eigenvalue weighted by atomic mass is 10.0. The number of anilines is 1. The fraction of sp³-hybridized carbons (Fsp3) is 0.150. The topological polar surface area (TPSA) is 29.1 Å². The molecule has 0 spiro atoms. The van der Waals surface area contributed by atoms with E-state index in [-0.39, 0.29) is 5.91 Å². The molecule has 0 saturated heterocycles. The largest absolute Gasteiger partial charge is 0.325 e. The highest BCUT2D eigenvalue weighted by Gasteiger charge is 2.08. The van der Waals surface area contributed by atoms with Gasteiger partial charge < -0.3 is 5.32 Å². The fourth-order valence-corrected chi connectivity index (χ4v) is 2.75. The molecule has 2 heteroatoms. The molecule has 1 amide bonds. The van der Waals surface area contributed by atoms with Crippen LogP contribution < -0.4 is 5.32 Å².